The maximum absolute atomic E-state index is 12.7. The third-order valence-corrected chi connectivity index (χ3v) is 5.67. The zero-order valence-corrected chi connectivity index (χ0v) is 15.5. The topological polar surface area (TPSA) is 83.4 Å². The lowest BCUT2D eigenvalue weighted by molar-refractivity contribution is -0.122. The summed E-state index contributed by atoms with van der Waals surface area (Å²) in [6.45, 7) is 3.13. The van der Waals surface area contributed by atoms with Crippen LogP contribution in [0.5, 0.6) is 0 Å². The minimum atomic E-state index is 0.0136. The molecule has 0 aromatic carbocycles. The van der Waals surface area contributed by atoms with E-state index in [4.69, 9.17) is 0 Å². The van der Waals surface area contributed by atoms with E-state index < -0.39 is 0 Å². The summed E-state index contributed by atoms with van der Waals surface area (Å²) in [5.41, 5.74) is 0.919. The van der Waals surface area contributed by atoms with Gasteiger partial charge in [-0.3, -0.25) is 19.2 Å². The van der Waals surface area contributed by atoms with Gasteiger partial charge in [0.1, 0.15) is 9.88 Å². The first kappa shape index (κ1) is 17.2. The Balaban J connectivity index is 1.30. The highest BCUT2D eigenvalue weighted by molar-refractivity contribution is 7.16. The van der Waals surface area contributed by atoms with E-state index in [-0.39, 0.29) is 11.8 Å². The van der Waals surface area contributed by atoms with Gasteiger partial charge in [0.25, 0.3) is 5.91 Å². The second-order valence-corrected chi connectivity index (χ2v) is 7.87. The predicted molar refractivity (Wildman–Crippen MR) is 97.8 cm³/mol. The van der Waals surface area contributed by atoms with Crippen LogP contribution in [0.1, 0.15) is 22.5 Å². The molecule has 0 bridgehead atoms. The molecule has 4 rings (SSSR count). The summed E-state index contributed by atoms with van der Waals surface area (Å²) in [6, 6.07) is 0.394. The molecule has 1 saturated heterocycles. The van der Waals surface area contributed by atoms with E-state index in [1.807, 2.05) is 18.1 Å². The van der Waals surface area contributed by atoms with Crippen LogP contribution >= 0.6 is 11.3 Å². The molecule has 8 nitrogen and oxygen atoms in total. The van der Waals surface area contributed by atoms with E-state index in [2.05, 4.69) is 20.3 Å². The van der Waals surface area contributed by atoms with Crippen LogP contribution in [0.2, 0.25) is 0 Å². The number of hydrogen-bond donors (Lipinski definition) is 1. The third-order valence-electron chi connectivity index (χ3n) is 4.64. The lowest BCUT2D eigenvalue weighted by atomic mass is 10.3. The molecule has 1 saturated carbocycles. The predicted octanol–water partition coefficient (Wildman–Crippen LogP) is 0.580. The second-order valence-electron chi connectivity index (χ2n) is 6.84. The van der Waals surface area contributed by atoms with Gasteiger partial charge in [0.15, 0.2) is 0 Å². The molecule has 0 spiro atoms. The maximum Gasteiger partial charge on any atom is 0.265 e. The number of carbonyl (C=O) groups is 2. The van der Waals surface area contributed by atoms with Crippen LogP contribution in [-0.2, 0) is 11.8 Å². The number of aromatic nitrogens is 3. The van der Waals surface area contributed by atoms with Crippen molar-refractivity contribution >= 4 is 23.2 Å². The molecule has 26 heavy (non-hydrogen) atoms. The Kier molecular flexibility index (Phi) is 4.73. The van der Waals surface area contributed by atoms with Gasteiger partial charge in [-0.25, -0.2) is 4.98 Å². The van der Waals surface area contributed by atoms with Crippen molar-refractivity contribution in [1.29, 1.82) is 0 Å². The minimum absolute atomic E-state index is 0.0136. The van der Waals surface area contributed by atoms with Crippen molar-refractivity contribution in [2.24, 2.45) is 7.05 Å². The van der Waals surface area contributed by atoms with E-state index in [1.165, 1.54) is 11.3 Å². The summed E-state index contributed by atoms with van der Waals surface area (Å²) in [7, 11) is 1.85. The summed E-state index contributed by atoms with van der Waals surface area (Å²) in [5, 5.41) is 7.95. The number of carbonyl (C=O) groups excluding carboxylic acids is 2. The van der Waals surface area contributed by atoms with E-state index in [9.17, 15) is 9.59 Å². The van der Waals surface area contributed by atoms with Crippen molar-refractivity contribution in [3.05, 3.63) is 23.5 Å². The molecule has 2 aromatic rings. The largest absolute Gasteiger partial charge is 0.352 e. The average Bonchev–Trinajstić information content (AvgIpc) is 3.12. The Hall–Kier alpha value is -2.26. The summed E-state index contributed by atoms with van der Waals surface area (Å²) in [6.07, 6.45) is 7.48. The molecule has 0 radical (unpaired) electrons. The second kappa shape index (κ2) is 7.16. The molecule has 2 amide bonds. The number of piperazine rings is 1. The number of thiazole rings is 1. The van der Waals surface area contributed by atoms with Gasteiger partial charge in [0.2, 0.25) is 5.91 Å². The van der Waals surface area contributed by atoms with Crippen molar-refractivity contribution in [2.45, 2.75) is 18.9 Å². The number of nitrogens with one attached hydrogen (secondary N) is 1. The Morgan fingerprint density at radius 1 is 1.23 bits per heavy atom. The molecule has 138 valence electrons. The van der Waals surface area contributed by atoms with E-state index >= 15 is 0 Å². The van der Waals surface area contributed by atoms with Gasteiger partial charge in [0, 0.05) is 51.0 Å². The van der Waals surface area contributed by atoms with Crippen molar-refractivity contribution in [3.63, 3.8) is 0 Å². The minimum Gasteiger partial charge on any atom is -0.352 e. The molecular weight excluding hydrogens is 352 g/mol. The standard InChI is InChI=1S/C17H22N6O2S/c1-21-10-12(8-19-21)16-18-9-14(26-16)17(25)23-6-4-22(5-7-23)11-15(24)20-13-2-3-13/h8-10,13H,2-7,11H2,1H3,(H,20,24). The van der Waals surface area contributed by atoms with Crippen LogP contribution in [-0.4, -0.2) is 75.1 Å². The zero-order chi connectivity index (χ0) is 18.1. The summed E-state index contributed by atoms with van der Waals surface area (Å²) >= 11 is 1.39. The van der Waals surface area contributed by atoms with Crippen LogP contribution in [0.3, 0.4) is 0 Å². The van der Waals surface area contributed by atoms with Crippen LogP contribution in [0.4, 0.5) is 0 Å². The van der Waals surface area contributed by atoms with E-state index in [1.54, 1.807) is 17.1 Å². The highest BCUT2D eigenvalue weighted by atomic mass is 32.1. The monoisotopic (exact) mass is 374 g/mol. The molecule has 3 heterocycles. The van der Waals surface area contributed by atoms with Gasteiger partial charge in [-0.05, 0) is 12.8 Å². The molecule has 1 N–H and O–H groups in total. The fourth-order valence-corrected chi connectivity index (χ4v) is 3.87. The highest BCUT2D eigenvalue weighted by Gasteiger charge is 2.27. The molecule has 2 aliphatic rings. The van der Waals surface area contributed by atoms with Gasteiger partial charge in [0.05, 0.1) is 18.9 Å². The molecule has 0 atom stereocenters. The molecule has 1 aliphatic carbocycles. The number of aryl methyl sites for hydroxylation is 1. The van der Waals surface area contributed by atoms with Crippen molar-refractivity contribution < 1.29 is 9.59 Å². The highest BCUT2D eigenvalue weighted by Crippen LogP contribution is 2.25. The first-order valence-corrected chi connectivity index (χ1v) is 9.66. The number of amides is 2. The van der Waals surface area contributed by atoms with Crippen LogP contribution < -0.4 is 5.32 Å². The van der Waals surface area contributed by atoms with E-state index in [0.29, 0.717) is 30.6 Å². The molecular formula is C17H22N6O2S. The number of hydrogen-bond acceptors (Lipinski definition) is 6. The van der Waals surface area contributed by atoms with E-state index in [0.717, 1.165) is 36.5 Å². The van der Waals surface area contributed by atoms with Crippen molar-refractivity contribution in [2.75, 3.05) is 32.7 Å². The first-order valence-electron chi connectivity index (χ1n) is 8.84. The van der Waals surface area contributed by atoms with Crippen molar-refractivity contribution in [1.82, 2.24) is 29.9 Å². The van der Waals surface area contributed by atoms with Crippen LogP contribution in [0, 0.1) is 0 Å². The van der Waals surface area contributed by atoms with Gasteiger partial charge < -0.3 is 10.2 Å². The molecule has 9 heteroatoms. The Morgan fingerprint density at radius 2 is 2.00 bits per heavy atom. The quantitative estimate of drug-likeness (QED) is 0.828. The smallest absolute Gasteiger partial charge is 0.265 e. The molecule has 2 aromatic heterocycles. The number of nitrogens with zero attached hydrogens (tertiary/aromatic N) is 5. The number of rotatable bonds is 5. The Bertz CT molecular complexity index is 804. The SMILES string of the molecule is Cn1cc(-c2ncc(C(=O)N3CCN(CC(=O)NC4CC4)CC3)s2)cn1. The van der Waals surface area contributed by atoms with Gasteiger partial charge in [-0.2, -0.15) is 5.10 Å². The van der Waals surface area contributed by atoms with Crippen LogP contribution in [0.25, 0.3) is 10.6 Å². The average molecular weight is 374 g/mol. The lowest BCUT2D eigenvalue weighted by Crippen LogP contribution is -2.51. The van der Waals surface area contributed by atoms with Gasteiger partial charge in [-0.1, -0.05) is 0 Å². The summed E-state index contributed by atoms with van der Waals surface area (Å²) in [5.74, 6) is 0.107. The van der Waals surface area contributed by atoms with Gasteiger partial charge >= 0.3 is 0 Å². The molecule has 1 aliphatic heterocycles. The maximum atomic E-state index is 12.7. The molecule has 0 unspecified atom stereocenters. The van der Waals surface area contributed by atoms with Crippen molar-refractivity contribution in [3.8, 4) is 10.6 Å². The zero-order valence-electron chi connectivity index (χ0n) is 14.7. The Labute approximate surface area is 155 Å². The molecule has 2 fully saturated rings. The fourth-order valence-electron chi connectivity index (χ4n) is 3.01. The normalized spacial score (nSPS) is 18.1. The van der Waals surface area contributed by atoms with Gasteiger partial charge in [-0.15, -0.1) is 11.3 Å². The lowest BCUT2D eigenvalue weighted by Gasteiger charge is -2.34. The first-order chi connectivity index (χ1) is 12.6. The Morgan fingerprint density at radius 3 is 2.65 bits per heavy atom. The third kappa shape index (κ3) is 3.94. The van der Waals surface area contributed by atoms with Crippen LogP contribution in [0.15, 0.2) is 18.6 Å². The fraction of sp³-hybridized carbons (Fsp3) is 0.529. The summed E-state index contributed by atoms with van der Waals surface area (Å²) in [4.78, 5) is 33.6. The summed E-state index contributed by atoms with van der Waals surface area (Å²) < 4.78 is 1.72.